The Morgan fingerprint density at radius 3 is 2.10 bits per heavy atom. The molecule has 0 bridgehead atoms. The molecule has 0 aromatic rings. The zero-order valence-corrected chi connectivity index (χ0v) is 9.45. The zero-order valence-electron chi connectivity index (χ0n) is 6.28. The Bertz CT molecular complexity index is 57.6. The van der Waals surface area contributed by atoms with Crippen molar-refractivity contribution in [1.82, 2.24) is 0 Å². The molecule has 0 fully saturated rings. The molecule has 0 aliphatic heterocycles. The fourth-order valence-electron chi connectivity index (χ4n) is 0.478. The van der Waals surface area contributed by atoms with Crippen molar-refractivity contribution in [2.75, 3.05) is 4.24 Å². The molecule has 0 saturated carbocycles. The Labute approximate surface area is 79.8 Å². The summed E-state index contributed by atoms with van der Waals surface area (Å²) in [6.07, 6.45) is 5.19. The Morgan fingerprint density at radius 2 is 1.80 bits per heavy atom. The second kappa shape index (κ2) is 16.3. The second-order valence-corrected chi connectivity index (χ2v) is 4.39. The lowest BCUT2D eigenvalue weighted by molar-refractivity contribution is -0.107. The summed E-state index contributed by atoms with van der Waals surface area (Å²) in [5, 5.41) is 0. The highest BCUT2D eigenvalue weighted by atomic mass is 79.9. The molecule has 10 heavy (non-hydrogen) atoms. The number of alkyl halides is 2. The fraction of sp³-hybridized carbons (Fsp3) is 0.857. The molecule has 0 amide bonds. The summed E-state index contributed by atoms with van der Waals surface area (Å²) in [7, 11) is 0. The van der Waals surface area contributed by atoms with Crippen molar-refractivity contribution in [3.8, 4) is 0 Å². The predicted octanol–water partition coefficient (Wildman–Crippen LogP) is 3.50. The van der Waals surface area contributed by atoms with Gasteiger partial charge in [-0.1, -0.05) is 51.6 Å². The smallest absolute Gasteiger partial charge is 0.119 e. The van der Waals surface area contributed by atoms with Crippen LogP contribution in [0.25, 0.3) is 0 Å². The van der Waals surface area contributed by atoms with Crippen molar-refractivity contribution in [2.24, 2.45) is 0 Å². The lowest BCUT2D eigenvalue weighted by atomic mass is 10.2. The normalized spacial score (nSPS) is 7.90. The number of unbranched alkanes of at least 4 members (excludes halogenated alkanes) is 3. The van der Waals surface area contributed by atoms with Crippen LogP contribution in [0, 0.1) is 0 Å². The number of hydrogen-bond donors (Lipinski definition) is 0. The first-order valence-electron chi connectivity index (χ1n) is 3.39. The number of hydrogen-bond acceptors (Lipinski definition) is 1. The standard InChI is InChI=1S/C6H12O.CH2Br2/c1-2-3-4-5-6-7;2-1-3/h6H,2-5H2,1H3;1H2. The van der Waals surface area contributed by atoms with Gasteiger partial charge in [0, 0.05) is 6.42 Å². The van der Waals surface area contributed by atoms with Gasteiger partial charge in [0.2, 0.25) is 0 Å². The van der Waals surface area contributed by atoms with E-state index in [0.717, 1.165) is 23.4 Å². The van der Waals surface area contributed by atoms with Gasteiger partial charge in [-0.15, -0.1) is 0 Å². The maximum atomic E-state index is 9.68. The van der Waals surface area contributed by atoms with Gasteiger partial charge in [0.1, 0.15) is 6.29 Å². The molecule has 0 N–H and O–H groups in total. The molecule has 0 rings (SSSR count). The first-order valence-corrected chi connectivity index (χ1v) is 5.63. The Hall–Kier alpha value is 0.630. The summed E-state index contributed by atoms with van der Waals surface area (Å²) in [6.45, 7) is 2.13. The second-order valence-electron chi connectivity index (χ2n) is 1.76. The Kier molecular flexibility index (Phi) is 21.6. The van der Waals surface area contributed by atoms with Crippen LogP contribution < -0.4 is 0 Å². The first-order chi connectivity index (χ1) is 4.83. The predicted molar refractivity (Wildman–Crippen MR) is 52.9 cm³/mol. The molecule has 0 aromatic carbocycles. The molecule has 0 heterocycles. The van der Waals surface area contributed by atoms with E-state index in [2.05, 4.69) is 38.8 Å². The van der Waals surface area contributed by atoms with Gasteiger partial charge in [-0.3, -0.25) is 0 Å². The largest absolute Gasteiger partial charge is 0.303 e. The summed E-state index contributed by atoms with van der Waals surface area (Å²) in [4.78, 5) is 9.68. The van der Waals surface area contributed by atoms with Gasteiger partial charge in [0.05, 0.1) is 4.24 Å². The minimum absolute atomic E-state index is 0.744. The van der Waals surface area contributed by atoms with Crippen LogP contribution in [0.4, 0.5) is 0 Å². The SMILES string of the molecule is BrCBr.CCCCCC=O. The molecule has 0 aromatic heterocycles. The third-order valence-corrected chi connectivity index (χ3v) is 0.926. The van der Waals surface area contributed by atoms with E-state index in [4.69, 9.17) is 0 Å². The van der Waals surface area contributed by atoms with E-state index in [1.54, 1.807) is 0 Å². The van der Waals surface area contributed by atoms with Crippen LogP contribution in [0.1, 0.15) is 32.6 Å². The monoisotopic (exact) mass is 272 g/mol. The third kappa shape index (κ3) is 23.4. The maximum Gasteiger partial charge on any atom is 0.119 e. The number of carbonyl (C=O) groups is 1. The molecule has 0 aliphatic rings. The number of aldehydes is 1. The van der Waals surface area contributed by atoms with Crippen molar-refractivity contribution in [2.45, 2.75) is 32.6 Å². The summed E-state index contributed by atoms with van der Waals surface area (Å²) in [5.41, 5.74) is 0. The van der Waals surface area contributed by atoms with Crippen LogP contribution in [-0.4, -0.2) is 10.5 Å². The van der Waals surface area contributed by atoms with Gasteiger partial charge in [-0.2, -0.15) is 0 Å². The van der Waals surface area contributed by atoms with E-state index >= 15 is 0 Å². The van der Waals surface area contributed by atoms with Crippen LogP contribution in [0.3, 0.4) is 0 Å². The molecule has 62 valence electrons. The van der Waals surface area contributed by atoms with Crippen LogP contribution in [-0.2, 0) is 4.79 Å². The minimum atomic E-state index is 0.744. The lowest BCUT2D eigenvalue weighted by Gasteiger charge is -1.85. The quantitative estimate of drug-likeness (QED) is 0.435. The fourth-order valence-corrected chi connectivity index (χ4v) is 0.478. The summed E-state index contributed by atoms with van der Waals surface area (Å²) in [5.74, 6) is 0. The first kappa shape index (κ1) is 13.2. The highest BCUT2D eigenvalue weighted by molar-refractivity contribution is 9.24. The van der Waals surface area contributed by atoms with Gasteiger partial charge in [0.25, 0.3) is 0 Å². The van der Waals surface area contributed by atoms with Gasteiger partial charge in [-0.05, 0) is 6.42 Å². The van der Waals surface area contributed by atoms with Crippen LogP contribution in [0.15, 0.2) is 0 Å². The Morgan fingerprint density at radius 1 is 1.30 bits per heavy atom. The Balaban J connectivity index is 0. The molecule has 0 atom stereocenters. The van der Waals surface area contributed by atoms with Crippen molar-refractivity contribution in [3.05, 3.63) is 0 Å². The van der Waals surface area contributed by atoms with Crippen LogP contribution in [0.2, 0.25) is 0 Å². The van der Waals surface area contributed by atoms with Crippen molar-refractivity contribution >= 4 is 38.1 Å². The highest BCUT2D eigenvalue weighted by Crippen LogP contribution is 1.94. The molecule has 1 nitrogen and oxygen atoms in total. The van der Waals surface area contributed by atoms with Gasteiger partial charge in [-0.25, -0.2) is 0 Å². The number of rotatable bonds is 4. The lowest BCUT2D eigenvalue weighted by Crippen LogP contribution is -1.73. The van der Waals surface area contributed by atoms with Gasteiger partial charge < -0.3 is 4.79 Å². The highest BCUT2D eigenvalue weighted by Gasteiger charge is 1.80. The maximum absolute atomic E-state index is 9.68. The molecule has 0 aliphatic carbocycles. The molecular weight excluding hydrogens is 260 g/mol. The molecular formula is C7H14Br2O. The summed E-state index contributed by atoms with van der Waals surface area (Å²) < 4.78 is 0.875. The molecule has 0 unspecified atom stereocenters. The topological polar surface area (TPSA) is 17.1 Å². The summed E-state index contributed by atoms with van der Waals surface area (Å²) in [6, 6.07) is 0. The minimum Gasteiger partial charge on any atom is -0.303 e. The van der Waals surface area contributed by atoms with Crippen LogP contribution >= 0.6 is 31.9 Å². The van der Waals surface area contributed by atoms with Gasteiger partial charge in [0.15, 0.2) is 0 Å². The zero-order chi connectivity index (χ0) is 8.24. The van der Waals surface area contributed by atoms with Gasteiger partial charge >= 0.3 is 0 Å². The van der Waals surface area contributed by atoms with E-state index in [1.807, 2.05) is 0 Å². The summed E-state index contributed by atoms with van der Waals surface area (Å²) >= 11 is 6.12. The van der Waals surface area contributed by atoms with Crippen LogP contribution in [0.5, 0.6) is 0 Å². The van der Waals surface area contributed by atoms with E-state index in [1.165, 1.54) is 12.8 Å². The third-order valence-electron chi connectivity index (χ3n) is 0.926. The molecule has 0 radical (unpaired) electrons. The molecule has 0 saturated heterocycles. The van der Waals surface area contributed by atoms with E-state index in [9.17, 15) is 4.79 Å². The van der Waals surface area contributed by atoms with Crippen molar-refractivity contribution in [1.29, 1.82) is 0 Å². The van der Waals surface area contributed by atoms with E-state index in [-0.39, 0.29) is 0 Å². The number of halogens is 2. The van der Waals surface area contributed by atoms with E-state index < -0.39 is 0 Å². The van der Waals surface area contributed by atoms with Crippen molar-refractivity contribution < 1.29 is 4.79 Å². The van der Waals surface area contributed by atoms with E-state index in [0.29, 0.717) is 0 Å². The number of carbonyl (C=O) groups excluding carboxylic acids is 1. The molecule has 3 heteroatoms. The average Bonchev–Trinajstić information content (AvgIpc) is 1.91. The average molecular weight is 274 g/mol. The van der Waals surface area contributed by atoms with Crippen molar-refractivity contribution in [3.63, 3.8) is 0 Å². The molecule has 0 spiro atoms.